The predicted octanol–water partition coefficient (Wildman–Crippen LogP) is 4.02. The molecule has 0 radical (unpaired) electrons. The molecule has 1 amide bonds. The molecule has 2 heterocycles. The summed E-state index contributed by atoms with van der Waals surface area (Å²) in [5, 5.41) is 11.3. The quantitative estimate of drug-likeness (QED) is 0.295. The third kappa shape index (κ3) is 6.32. The van der Waals surface area contributed by atoms with Gasteiger partial charge in [0.15, 0.2) is 0 Å². The summed E-state index contributed by atoms with van der Waals surface area (Å²) in [6.45, 7) is 10.3. The van der Waals surface area contributed by atoms with Gasteiger partial charge >= 0.3 is 0 Å². The lowest BCUT2D eigenvalue weighted by molar-refractivity contribution is -0.140. The number of morpholine rings is 1. The van der Waals surface area contributed by atoms with Crippen molar-refractivity contribution in [2.75, 3.05) is 46.0 Å². The fourth-order valence-electron chi connectivity index (χ4n) is 4.64. The fourth-order valence-corrected chi connectivity index (χ4v) is 4.64. The van der Waals surface area contributed by atoms with E-state index in [-0.39, 0.29) is 17.4 Å². The average Bonchev–Trinajstić information content (AvgIpc) is 3.16. The fraction of sp³-hybridized carbons (Fsp3) is 0.448. The molecule has 0 bridgehead atoms. The number of amides is 1. The van der Waals surface area contributed by atoms with E-state index in [9.17, 15) is 14.7 Å². The first-order valence-corrected chi connectivity index (χ1v) is 13.0. The molecular weight excluding hydrogens is 472 g/mol. The molecule has 1 atom stereocenters. The zero-order valence-electron chi connectivity index (χ0n) is 21.8. The summed E-state index contributed by atoms with van der Waals surface area (Å²) in [4.78, 5) is 30.4. The molecule has 4 rings (SSSR count). The number of carbonyl (C=O) groups is 2. The molecule has 2 aliphatic rings. The van der Waals surface area contributed by atoms with Gasteiger partial charge in [-0.1, -0.05) is 19.1 Å². The van der Waals surface area contributed by atoms with Crippen LogP contribution < -0.4 is 9.47 Å². The second-order valence-electron chi connectivity index (χ2n) is 9.56. The van der Waals surface area contributed by atoms with Crippen molar-refractivity contribution in [3.05, 3.63) is 65.2 Å². The van der Waals surface area contributed by atoms with Gasteiger partial charge in [-0.25, -0.2) is 0 Å². The van der Waals surface area contributed by atoms with Crippen molar-refractivity contribution in [3.8, 4) is 11.5 Å². The number of hydrogen-bond acceptors (Lipinski definition) is 7. The highest BCUT2D eigenvalue weighted by atomic mass is 16.5. The second-order valence-corrected chi connectivity index (χ2v) is 9.56. The molecule has 8 heteroatoms. The topological polar surface area (TPSA) is 88.5 Å². The predicted molar refractivity (Wildman–Crippen MR) is 141 cm³/mol. The van der Waals surface area contributed by atoms with Crippen molar-refractivity contribution in [2.45, 2.75) is 39.3 Å². The van der Waals surface area contributed by atoms with Gasteiger partial charge in [-0.05, 0) is 62.2 Å². The summed E-state index contributed by atoms with van der Waals surface area (Å²) in [6.07, 6.45) is 0.872. The van der Waals surface area contributed by atoms with Crippen molar-refractivity contribution in [1.29, 1.82) is 0 Å². The van der Waals surface area contributed by atoms with Gasteiger partial charge < -0.3 is 24.2 Å². The van der Waals surface area contributed by atoms with Crippen molar-refractivity contribution in [2.24, 2.45) is 0 Å². The van der Waals surface area contributed by atoms with Crippen LogP contribution in [-0.4, -0.2) is 78.7 Å². The van der Waals surface area contributed by atoms with Crippen LogP contribution in [0.1, 0.15) is 44.4 Å². The smallest absolute Gasteiger partial charge is 0.295 e. The highest BCUT2D eigenvalue weighted by molar-refractivity contribution is 6.46. The van der Waals surface area contributed by atoms with E-state index in [1.807, 2.05) is 45.0 Å². The molecule has 0 saturated carbocycles. The first-order valence-electron chi connectivity index (χ1n) is 13.0. The van der Waals surface area contributed by atoms with Gasteiger partial charge in [0, 0.05) is 31.7 Å². The first kappa shape index (κ1) is 26.7. The van der Waals surface area contributed by atoms with Crippen LogP contribution in [0.25, 0.3) is 5.76 Å². The second kappa shape index (κ2) is 12.3. The molecule has 0 unspecified atom stereocenters. The molecule has 198 valence electrons. The van der Waals surface area contributed by atoms with Crippen LogP contribution in [0.15, 0.2) is 54.1 Å². The summed E-state index contributed by atoms with van der Waals surface area (Å²) in [5.41, 5.74) is 1.25. The number of rotatable bonds is 10. The van der Waals surface area contributed by atoms with Gasteiger partial charge in [0.25, 0.3) is 11.7 Å². The van der Waals surface area contributed by atoms with E-state index < -0.39 is 17.7 Å². The van der Waals surface area contributed by atoms with E-state index in [0.29, 0.717) is 50.0 Å². The number of likely N-dealkylation sites (tertiary alicyclic amines) is 1. The average molecular weight is 509 g/mol. The third-order valence-corrected chi connectivity index (χ3v) is 6.45. The Morgan fingerprint density at radius 2 is 1.78 bits per heavy atom. The number of hydrogen-bond donors (Lipinski definition) is 1. The summed E-state index contributed by atoms with van der Waals surface area (Å²) >= 11 is 0. The van der Waals surface area contributed by atoms with E-state index in [0.717, 1.165) is 25.1 Å². The minimum atomic E-state index is -0.724. The Balaban J connectivity index is 1.71. The Morgan fingerprint density at radius 3 is 2.46 bits per heavy atom. The Labute approximate surface area is 218 Å². The minimum Gasteiger partial charge on any atom is -0.507 e. The van der Waals surface area contributed by atoms with Crippen molar-refractivity contribution < 1.29 is 28.9 Å². The molecule has 37 heavy (non-hydrogen) atoms. The van der Waals surface area contributed by atoms with E-state index in [1.165, 1.54) is 0 Å². The van der Waals surface area contributed by atoms with Crippen LogP contribution in [0.5, 0.6) is 11.5 Å². The molecule has 2 aromatic rings. The molecule has 8 nitrogen and oxygen atoms in total. The van der Waals surface area contributed by atoms with Gasteiger partial charge in [-0.2, -0.15) is 0 Å². The highest BCUT2D eigenvalue weighted by Gasteiger charge is 2.46. The molecule has 0 aliphatic carbocycles. The molecule has 2 fully saturated rings. The molecule has 2 aliphatic heterocycles. The lowest BCUT2D eigenvalue weighted by atomic mass is 9.95. The maximum Gasteiger partial charge on any atom is 0.295 e. The van der Waals surface area contributed by atoms with Gasteiger partial charge in [0.1, 0.15) is 17.3 Å². The number of aliphatic hydroxyl groups excluding tert-OH is 1. The van der Waals surface area contributed by atoms with Crippen molar-refractivity contribution in [1.82, 2.24) is 9.80 Å². The maximum absolute atomic E-state index is 13.3. The number of Topliss-reactive ketones (excluding diaryl/α,β-unsaturated/α-hetero) is 1. The normalized spacial score (nSPS) is 20.0. The molecular formula is C29H36N2O6. The molecule has 2 saturated heterocycles. The number of carbonyl (C=O) groups excluding carboxylic acids is 2. The Hall–Kier alpha value is -3.36. The zero-order chi connectivity index (χ0) is 26.4. The molecule has 2 aromatic carbocycles. The Bertz CT molecular complexity index is 1120. The lowest BCUT2D eigenvalue weighted by Crippen LogP contribution is -2.42. The largest absolute Gasteiger partial charge is 0.507 e. The van der Waals surface area contributed by atoms with E-state index in [1.54, 1.807) is 29.2 Å². The van der Waals surface area contributed by atoms with Gasteiger partial charge in [-0.15, -0.1) is 0 Å². The van der Waals surface area contributed by atoms with Crippen LogP contribution in [0.3, 0.4) is 0 Å². The SMILES string of the molecule is CCCOc1cccc([C@H]2C(=C(O)c3ccc(OC(C)C)cc3)C(=O)C(=O)N2CCN2CCOCC2)c1. The van der Waals surface area contributed by atoms with Gasteiger partial charge in [0.2, 0.25) is 0 Å². The number of aliphatic hydroxyl groups is 1. The number of nitrogens with zero attached hydrogens (tertiary/aromatic N) is 2. The molecule has 1 N–H and O–H groups in total. The van der Waals surface area contributed by atoms with Crippen molar-refractivity contribution >= 4 is 17.4 Å². The lowest BCUT2D eigenvalue weighted by Gasteiger charge is -2.31. The molecule has 0 spiro atoms. The van der Waals surface area contributed by atoms with E-state index in [2.05, 4.69) is 4.90 Å². The summed E-state index contributed by atoms with van der Waals surface area (Å²) in [6, 6.07) is 13.6. The Kier molecular flexibility index (Phi) is 8.84. The summed E-state index contributed by atoms with van der Waals surface area (Å²) in [5.74, 6) is -0.178. The van der Waals surface area contributed by atoms with Crippen LogP contribution in [0.4, 0.5) is 0 Å². The van der Waals surface area contributed by atoms with Crippen LogP contribution >= 0.6 is 0 Å². The van der Waals surface area contributed by atoms with E-state index in [4.69, 9.17) is 14.2 Å². The highest BCUT2D eigenvalue weighted by Crippen LogP contribution is 2.40. The molecule has 0 aromatic heterocycles. The minimum absolute atomic E-state index is 0.0124. The Morgan fingerprint density at radius 1 is 1.05 bits per heavy atom. The van der Waals surface area contributed by atoms with Gasteiger partial charge in [0.05, 0.1) is 37.5 Å². The number of ketones is 1. The summed E-state index contributed by atoms with van der Waals surface area (Å²) in [7, 11) is 0. The van der Waals surface area contributed by atoms with Crippen LogP contribution in [0, 0.1) is 0 Å². The van der Waals surface area contributed by atoms with E-state index >= 15 is 0 Å². The zero-order valence-corrected chi connectivity index (χ0v) is 21.8. The number of ether oxygens (including phenoxy) is 3. The third-order valence-electron chi connectivity index (χ3n) is 6.45. The standard InChI is InChI=1S/C29H36N2O6/c1-4-16-36-24-7-5-6-22(19-24)26-25(27(32)21-8-10-23(11-9-21)37-20(2)3)28(33)29(34)31(26)13-12-30-14-17-35-18-15-30/h5-11,19-20,26,32H,4,12-18H2,1-3H3/t26-/m0/s1. The maximum atomic E-state index is 13.3. The van der Waals surface area contributed by atoms with Gasteiger partial charge in [-0.3, -0.25) is 14.5 Å². The van der Waals surface area contributed by atoms with Crippen LogP contribution in [0.2, 0.25) is 0 Å². The first-order chi connectivity index (χ1) is 17.9. The van der Waals surface area contributed by atoms with Crippen LogP contribution in [-0.2, 0) is 14.3 Å². The summed E-state index contributed by atoms with van der Waals surface area (Å²) < 4.78 is 17.0. The number of benzene rings is 2. The van der Waals surface area contributed by atoms with Crippen molar-refractivity contribution in [3.63, 3.8) is 0 Å². The monoisotopic (exact) mass is 508 g/mol.